The van der Waals surface area contributed by atoms with Crippen LogP contribution in [0.15, 0.2) is 0 Å². The highest BCUT2D eigenvalue weighted by Crippen LogP contribution is 2.47. The van der Waals surface area contributed by atoms with E-state index >= 15 is 0 Å². The van der Waals surface area contributed by atoms with Crippen molar-refractivity contribution in [2.75, 3.05) is 19.8 Å². The van der Waals surface area contributed by atoms with Gasteiger partial charge in [-0.25, -0.2) is 0 Å². The van der Waals surface area contributed by atoms with Crippen LogP contribution >= 0.6 is 0 Å². The molecule has 1 unspecified atom stereocenters. The third kappa shape index (κ3) is 1.93. The SMILES string of the molecule is NCC1(C2(O)CCCOC2)CCCCC1. The van der Waals surface area contributed by atoms with Crippen LogP contribution in [0.2, 0.25) is 0 Å². The largest absolute Gasteiger partial charge is 0.387 e. The molecular weight excluding hydrogens is 190 g/mol. The van der Waals surface area contributed by atoms with Gasteiger partial charge in [-0.2, -0.15) is 0 Å². The van der Waals surface area contributed by atoms with Crippen LogP contribution in [-0.2, 0) is 4.74 Å². The summed E-state index contributed by atoms with van der Waals surface area (Å²) in [7, 11) is 0. The van der Waals surface area contributed by atoms with Crippen LogP contribution in [0.4, 0.5) is 0 Å². The second-order valence-corrected chi connectivity index (χ2v) is 5.23. The number of aliphatic hydroxyl groups is 1. The fraction of sp³-hybridized carbons (Fsp3) is 1.00. The van der Waals surface area contributed by atoms with Crippen LogP contribution < -0.4 is 5.73 Å². The van der Waals surface area contributed by atoms with Gasteiger partial charge in [-0.1, -0.05) is 19.3 Å². The molecule has 0 radical (unpaired) electrons. The minimum absolute atomic E-state index is 0.0638. The average molecular weight is 213 g/mol. The summed E-state index contributed by atoms with van der Waals surface area (Å²) in [5.41, 5.74) is 5.22. The monoisotopic (exact) mass is 213 g/mol. The third-order valence-electron chi connectivity index (χ3n) is 4.41. The zero-order valence-corrected chi connectivity index (χ0v) is 9.50. The summed E-state index contributed by atoms with van der Waals surface area (Å²) < 4.78 is 5.46. The van der Waals surface area contributed by atoms with Crippen molar-refractivity contribution in [2.24, 2.45) is 11.1 Å². The molecule has 3 N–H and O–H groups in total. The van der Waals surface area contributed by atoms with Gasteiger partial charge in [0.25, 0.3) is 0 Å². The number of nitrogens with two attached hydrogens (primary N) is 1. The summed E-state index contributed by atoms with van der Waals surface area (Å²) in [5.74, 6) is 0. The summed E-state index contributed by atoms with van der Waals surface area (Å²) in [6, 6.07) is 0. The van der Waals surface area contributed by atoms with Crippen molar-refractivity contribution in [3.63, 3.8) is 0 Å². The Morgan fingerprint density at radius 2 is 1.80 bits per heavy atom. The van der Waals surface area contributed by atoms with Gasteiger partial charge in [-0.05, 0) is 25.7 Å². The molecule has 1 saturated heterocycles. The summed E-state index contributed by atoms with van der Waals surface area (Å²) in [4.78, 5) is 0. The van der Waals surface area contributed by atoms with E-state index in [1.165, 1.54) is 19.3 Å². The average Bonchev–Trinajstić information content (AvgIpc) is 2.31. The number of ether oxygens (including phenoxy) is 1. The zero-order chi connectivity index (χ0) is 10.8. The van der Waals surface area contributed by atoms with E-state index in [2.05, 4.69) is 0 Å². The molecule has 0 bridgehead atoms. The first-order chi connectivity index (χ1) is 7.22. The lowest BCUT2D eigenvalue weighted by Gasteiger charge is -2.50. The molecule has 0 aromatic heterocycles. The number of rotatable bonds is 2. The van der Waals surface area contributed by atoms with Gasteiger partial charge in [0, 0.05) is 18.6 Å². The van der Waals surface area contributed by atoms with E-state index in [1.54, 1.807) is 0 Å². The molecule has 0 amide bonds. The van der Waals surface area contributed by atoms with Crippen LogP contribution in [0.5, 0.6) is 0 Å². The maximum atomic E-state index is 10.7. The standard InChI is InChI=1S/C12H23NO2/c13-9-11(5-2-1-3-6-11)12(14)7-4-8-15-10-12/h14H,1-10,13H2. The highest BCUT2D eigenvalue weighted by Gasteiger charge is 2.50. The van der Waals surface area contributed by atoms with E-state index in [0.29, 0.717) is 13.2 Å². The van der Waals surface area contributed by atoms with Gasteiger partial charge >= 0.3 is 0 Å². The molecule has 88 valence electrons. The van der Waals surface area contributed by atoms with Gasteiger partial charge in [-0.15, -0.1) is 0 Å². The molecule has 2 rings (SSSR count). The Morgan fingerprint density at radius 3 is 2.33 bits per heavy atom. The summed E-state index contributed by atoms with van der Waals surface area (Å²) in [5, 5.41) is 10.7. The molecule has 1 heterocycles. The second-order valence-electron chi connectivity index (χ2n) is 5.23. The predicted molar refractivity (Wildman–Crippen MR) is 59.6 cm³/mol. The highest BCUT2D eigenvalue weighted by molar-refractivity contribution is 5.02. The number of hydrogen-bond donors (Lipinski definition) is 2. The van der Waals surface area contributed by atoms with Crippen LogP contribution in [0.25, 0.3) is 0 Å². The van der Waals surface area contributed by atoms with Crippen LogP contribution in [-0.4, -0.2) is 30.5 Å². The Labute approximate surface area is 92.0 Å². The Bertz CT molecular complexity index is 206. The van der Waals surface area contributed by atoms with Crippen molar-refractivity contribution >= 4 is 0 Å². The Hall–Kier alpha value is -0.120. The molecular formula is C12H23NO2. The first kappa shape index (κ1) is 11.4. The molecule has 2 fully saturated rings. The molecule has 15 heavy (non-hydrogen) atoms. The van der Waals surface area contributed by atoms with E-state index in [9.17, 15) is 5.11 Å². The molecule has 3 nitrogen and oxygen atoms in total. The van der Waals surface area contributed by atoms with Crippen molar-refractivity contribution in [1.82, 2.24) is 0 Å². The molecule has 2 aliphatic rings. The van der Waals surface area contributed by atoms with Gasteiger partial charge in [0.05, 0.1) is 12.2 Å². The van der Waals surface area contributed by atoms with Gasteiger partial charge < -0.3 is 15.6 Å². The second kappa shape index (κ2) is 4.40. The maximum Gasteiger partial charge on any atom is 0.0948 e. The highest BCUT2D eigenvalue weighted by atomic mass is 16.5. The lowest BCUT2D eigenvalue weighted by Crippen LogP contribution is -2.57. The fourth-order valence-electron chi connectivity index (χ4n) is 3.29. The van der Waals surface area contributed by atoms with Gasteiger partial charge in [0.15, 0.2) is 0 Å². The van der Waals surface area contributed by atoms with E-state index in [-0.39, 0.29) is 5.41 Å². The lowest BCUT2D eigenvalue weighted by atomic mass is 9.61. The quantitative estimate of drug-likeness (QED) is 0.729. The van der Waals surface area contributed by atoms with Crippen molar-refractivity contribution in [3.05, 3.63) is 0 Å². The van der Waals surface area contributed by atoms with E-state index in [0.717, 1.165) is 32.3 Å². The normalized spacial score (nSPS) is 36.4. The van der Waals surface area contributed by atoms with Crippen molar-refractivity contribution in [3.8, 4) is 0 Å². The predicted octanol–water partition coefficient (Wildman–Crippen LogP) is 1.44. The van der Waals surface area contributed by atoms with Crippen LogP contribution in [0, 0.1) is 5.41 Å². The molecule has 1 aliphatic heterocycles. The van der Waals surface area contributed by atoms with Gasteiger partial charge in [0.1, 0.15) is 0 Å². The first-order valence-electron chi connectivity index (χ1n) is 6.23. The topological polar surface area (TPSA) is 55.5 Å². The maximum absolute atomic E-state index is 10.7. The summed E-state index contributed by atoms with van der Waals surface area (Å²) >= 11 is 0. The minimum Gasteiger partial charge on any atom is -0.387 e. The van der Waals surface area contributed by atoms with E-state index < -0.39 is 5.60 Å². The fourth-order valence-corrected chi connectivity index (χ4v) is 3.29. The Morgan fingerprint density at radius 1 is 1.07 bits per heavy atom. The lowest BCUT2D eigenvalue weighted by molar-refractivity contribution is -0.169. The van der Waals surface area contributed by atoms with Gasteiger partial charge in [-0.3, -0.25) is 0 Å². The van der Waals surface area contributed by atoms with E-state index in [1.807, 2.05) is 0 Å². The van der Waals surface area contributed by atoms with Gasteiger partial charge in [0.2, 0.25) is 0 Å². The summed E-state index contributed by atoms with van der Waals surface area (Å²) in [6.45, 7) is 1.89. The van der Waals surface area contributed by atoms with Crippen LogP contribution in [0.1, 0.15) is 44.9 Å². The summed E-state index contributed by atoms with van der Waals surface area (Å²) in [6.07, 6.45) is 7.69. The Balaban J connectivity index is 2.15. The molecule has 1 aliphatic carbocycles. The zero-order valence-electron chi connectivity index (χ0n) is 9.50. The molecule has 3 heteroatoms. The first-order valence-corrected chi connectivity index (χ1v) is 6.23. The third-order valence-corrected chi connectivity index (χ3v) is 4.41. The smallest absolute Gasteiger partial charge is 0.0948 e. The van der Waals surface area contributed by atoms with E-state index in [4.69, 9.17) is 10.5 Å². The molecule has 1 atom stereocenters. The van der Waals surface area contributed by atoms with Crippen molar-refractivity contribution in [2.45, 2.75) is 50.5 Å². The van der Waals surface area contributed by atoms with Crippen molar-refractivity contribution < 1.29 is 9.84 Å². The van der Waals surface area contributed by atoms with Crippen molar-refractivity contribution in [1.29, 1.82) is 0 Å². The van der Waals surface area contributed by atoms with Crippen LogP contribution in [0.3, 0.4) is 0 Å². The molecule has 0 aromatic carbocycles. The Kier molecular flexibility index (Phi) is 3.33. The molecule has 0 aromatic rings. The molecule has 1 saturated carbocycles. The minimum atomic E-state index is -0.652. The number of hydrogen-bond acceptors (Lipinski definition) is 3. The molecule has 0 spiro atoms.